The van der Waals surface area contributed by atoms with E-state index in [0.717, 1.165) is 48.4 Å². The van der Waals surface area contributed by atoms with Crippen LogP contribution in [0, 0.1) is 0 Å². The van der Waals surface area contributed by atoms with Crippen LogP contribution in [0.15, 0.2) is 55.2 Å². The van der Waals surface area contributed by atoms with E-state index in [2.05, 4.69) is 53.6 Å². The lowest BCUT2D eigenvalue weighted by molar-refractivity contribution is 0.172. The van der Waals surface area contributed by atoms with Gasteiger partial charge in [0.05, 0.1) is 39.5 Å². The third-order valence-electron chi connectivity index (χ3n) is 8.69. The normalized spacial score (nSPS) is 15.3. The van der Waals surface area contributed by atoms with Crippen LogP contribution in [0.3, 0.4) is 0 Å². The van der Waals surface area contributed by atoms with Crippen LogP contribution in [0.5, 0.6) is 11.5 Å². The van der Waals surface area contributed by atoms with Crippen molar-refractivity contribution in [1.29, 1.82) is 0 Å². The number of fused-ring (bicyclic) bond motifs is 3. The van der Waals surface area contributed by atoms with Gasteiger partial charge in [0.25, 0.3) is 0 Å². The van der Waals surface area contributed by atoms with Gasteiger partial charge in [-0.05, 0) is 44.6 Å². The number of aromatic nitrogens is 7. The molecule has 246 valence electrons. The molecule has 8 rings (SSSR count). The second-order valence-electron chi connectivity index (χ2n) is 12.5. The van der Waals surface area contributed by atoms with Gasteiger partial charge in [-0.15, -0.1) is 0 Å². The molecule has 1 saturated heterocycles. The van der Waals surface area contributed by atoms with Crippen LogP contribution >= 0.6 is 7.14 Å². The molecule has 2 aliphatic heterocycles. The van der Waals surface area contributed by atoms with Crippen LogP contribution in [-0.2, 0) is 11.6 Å². The van der Waals surface area contributed by atoms with Crippen molar-refractivity contribution in [3.05, 3.63) is 55.2 Å². The van der Waals surface area contributed by atoms with E-state index in [0.29, 0.717) is 69.8 Å². The van der Waals surface area contributed by atoms with Crippen LogP contribution < -0.4 is 30.3 Å². The Morgan fingerprint density at radius 2 is 1.71 bits per heavy atom. The molecule has 14 nitrogen and oxygen atoms in total. The summed E-state index contributed by atoms with van der Waals surface area (Å²) in [5.41, 5.74) is 6.15. The SMILES string of the molecule is CN1CCN(c2c(-c3cnn(C)c3)cc(Nc3nc(Nc4ccc5nccnc5c4P(C)(C)=O)c4cc[nH]c4n3)c3c2OCCO3)CC1. The summed E-state index contributed by atoms with van der Waals surface area (Å²) in [7, 11) is 1.26. The van der Waals surface area contributed by atoms with E-state index < -0.39 is 7.14 Å². The van der Waals surface area contributed by atoms with Gasteiger partial charge in [0.1, 0.15) is 37.3 Å². The molecule has 0 aliphatic carbocycles. The fourth-order valence-electron chi connectivity index (χ4n) is 6.42. The lowest BCUT2D eigenvalue weighted by atomic mass is 10.0. The number of rotatable bonds is 7. The average molecular weight is 666 g/mol. The topological polar surface area (TPSA) is 151 Å². The first kappa shape index (κ1) is 30.2. The highest BCUT2D eigenvalue weighted by Crippen LogP contribution is 2.51. The lowest BCUT2D eigenvalue weighted by Crippen LogP contribution is -2.45. The summed E-state index contributed by atoms with van der Waals surface area (Å²) in [5, 5.41) is 12.8. The number of ether oxygens (including phenoxy) is 2. The van der Waals surface area contributed by atoms with Crippen molar-refractivity contribution in [1.82, 2.24) is 39.6 Å². The summed E-state index contributed by atoms with van der Waals surface area (Å²) in [6, 6.07) is 7.71. The highest BCUT2D eigenvalue weighted by molar-refractivity contribution is 7.71. The zero-order chi connectivity index (χ0) is 33.0. The smallest absolute Gasteiger partial charge is 0.231 e. The number of anilines is 5. The number of hydrogen-bond acceptors (Lipinski definition) is 12. The summed E-state index contributed by atoms with van der Waals surface area (Å²) in [4.78, 5) is 26.6. The zero-order valence-electron chi connectivity index (χ0n) is 27.2. The van der Waals surface area contributed by atoms with Gasteiger partial charge in [-0.2, -0.15) is 15.1 Å². The Morgan fingerprint density at radius 1 is 0.917 bits per heavy atom. The summed E-state index contributed by atoms with van der Waals surface area (Å²) in [5.74, 6) is 2.18. The molecule has 6 aromatic rings. The molecule has 0 atom stereocenters. The molecule has 3 N–H and O–H groups in total. The molecule has 15 heteroatoms. The van der Waals surface area contributed by atoms with Crippen molar-refractivity contribution >= 4 is 63.3 Å². The van der Waals surface area contributed by atoms with Crippen LogP contribution in [0.4, 0.5) is 28.8 Å². The molecule has 2 aliphatic rings. The van der Waals surface area contributed by atoms with E-state index in [4.69, 9.17) is 19.4 Å². The highest BCUT2D eigenvalue weighted by Gasteiger charge is 2.30. The minimum atomic E-state index is -2.79. The molecule has 6 heterocycles. The minimum Gasteiger partial charge on any atom is -0.484 e. The van der Waals surface area contributed by atoms with E-state index in [1.54, 1.807) is 30.4 Å². The number of H-pyrrole nitrogens is 1. The second-order valence-corrected chi connectivity index (χ2v) is 15.6. The van der Waals surface area contributed by atoms with Gasteiger partial charge in [0.15, 0.2) is 11.5 Å². The molecule has 2 aromatic carbocycles. The van der Waals surface area contributed by atoms with E-state index in [1.165, 1.54) is 0 Å². The number of benzene rings is 2. The Kier molecular flexibility index (Phi) is 7.41. The predicted octanol–water partition coefficient (Wildman–Crippen LogP) is 4.56. The summed E-state index contributed by atoms with van der Waals surface area (Å²) >= 11 is 0. The number of nitrogens with zero attached hydrogens (tertiary/aromatic N) is 8. The first-order valence-corrected chi connectivity index (χ1v) is 18.4. The van der Waals surface area contributed by atoms with Crippen molar-refractivity contribution in [2.45, 2.75) is 0 Å². The number of likely N-dealkylation sites (N-methyl/N-ethyl adjacent to an activating group) is 1. The van der Waals surface area contributed by atoms with Gasteiger partial charge in [-0.25, -0.2) is 0 Å². The Labute approximate surface area is 276 Å². The summed E-state index contributed by atoms with van der Waals surface area (Å²) in [6.07, 6.45) is 8.93. The molecule has 0 saturated carbocycles. The summed E-state index contributed by atoms with van der Waals surface area (Å²) in [6.45, 7) is 7.94. The molecule has 0 spiro atoms. The standard InChI is InChI=1S/C33H36N11O3P/c1-42-11-13-44(14-12-42)27-22(20-18-37-43(2)19-20)17-25(28-29(27)47-16-15-46-28)39-33-40-31-21(7-8-36-31)32(41-33)38-24-6-5-23-26(35-10-9-34-23)30(24)48(3,4)45/h5-10,17-19H,11-16H2,1-4H3,(H3,36,38,39,40,41). The molecule has 4 aromatic heterocycles. The quantitative estimate of drug-likeness (QED) is 0.205. The van der Waals surface area contributed by atoms with Gasteiger partial charge in [0.2, 0.25) is 5.95 Å². The van der Waals surface area contributed by atoms with E-state index in [9.17, 15) is 4.57 Å². The molecular weight excluding hydrogens is 629 g/mol. The van der Waals surface area contributed by atoms with Crippen molar-refractivity contribution < 1.29 is 14.0 Å². The van der Waals surface area contributed by atoms with Gasteiger partial charge in [-0.3, -0.25) is 14.6 Å². The fraction of sp³-hybridized carbons (Fsp3) is 0.303. The Morgan fingerprint density at radius 3 is 2.48 bits per heavy atom. The molecule has 0 unspecified atom stereocenters. The van der Waals surface area contributed by atoms with Crippen LogP contribution in [-0.4, -0.2) is 99.4 Å². The Balaban J connectivity index is 1.24. The zero-order valence-corrected chi connectivity index (χ0v) is 28.1. The fourth-order valence-corrected chi connectivity index (χ4v) is 7.81. The van der Waals surface area contributed by atoms with Crippen LogP contribution in [0.2, 0.25) is 0 Å². The number of aromatic amines is 1. The predicted molar refractivity (Wildman–Crippen MR) is 188 cm³/mol. The molecule has 48 heavy (non-hydrogen) atoms. The maximum absolute atomic E-state index is 13.6. The third kappa shape index (κ3) is 5.46. The van der Waals surface area contributed by atoms with Gasteiger partial charge >= 0.3 is 0 Å². The molecule has 0 amide bonds. The van der Waals surface area contributed by atoms with Gasteiger partial charge < -0.3 is 39.5 Å². The Bertz CT molecular complexity index is 2220. The molecule has 0 radical (unpaired) electrons. The van der Waals surface area contributed by atoms with Crippen molar-refractivity contribution in [2.24, 2.45) is 7.05 Å². The minimum absolute atomic E-state index is 0.339. The van der Waals surface area contributed by atoms with Crippen molar-refractivity contribution in [3.8, 4) is 22.6 Å². The maximum Gasteiger partial charge on any atom is 0.231 e. The number of piperazine rings is 1. The van der Waals surface area contributed by atoms with Crippen molar-refractivity contribution in [2.75, 3.05) is 75.3 Å². The van der Waals surface area contributed by atoms with Crippen LogP contribution in [0.25, 0.3) is 33.2 Å². The van der Waals surface area contributed by atoms with E-state index in [-0.39, 0.29) is 0 Å². The molecular formula is C33H36N11O3P. The first-order valence-electron chi connectivity index (χ1n) is 15.8. The Hall–Kier alpha value is -5.20. The largest absolute Gasteiger partial charge is 0.484 e. The monoisotopic (exact) mass is 665 g/mol. The molecule has 1 fully saturated rings. The maximum atomic E-state index is 13.6. The van der Waals surface area contributed by atoms with Crippen molar-refractivity contribution in [3.63, 3.8) is 0 Å². The van der Waals surface area contributed by atoms with Crippen LogP contribution in [0.1, 0.15) is 0 Å². The van der Waals surface area contributed by atoms with Gasteiger partial charge in [-0.1, -0.05) is 0 Å². The first-order chi connectivity index (χ1) is 23.2. The number of hydrogen-bond donors (Lipinski definition) is 3. The van der Waals surface area contributed by atoms with Gasteiger partial charge in [0, 0.05) is 69.1 Å². The second kappa shape index (κ2) is 11.8. The lowest BCUT2D eigenvalue weighted by Gasteiger charge is -2.37. The van der Waals surface area contributed by atoms with E-state index >= 15 is 0 Å². The number of nitrogens with one attached hydrogen (secondary N) is 3. The average Bonchev–Trinajstić information content (AvgIpc) is 3.74. The van der Waals surface area contributed by atoms with E-state index in [1.807, 2.05) is 43.8 Å². The number of aryl methyl sites for hydroxylation is 1. The summed E-state index contributed by atoms with van der Waals surface area (Å²) < 4.78 is 28.1. The highest BCUT2D eigenvalue weighted by atomic mass is 31.2. The molecule has 0 bridgehead atoms. The third-order valence-corrected chi connectivity index (χ3v) is 10.2.